The Morgan fingerprint density at radius 2 is 1.50 bits per heavy atom. The van der Waals surface area contributed by atoms with Gasteiger partial charge in [-0.05, 0) is 26.0 Å². The highest BCUT2D eigenvalue weighted by molar-refractivity contribution is 5.80. The van der Waals surface area contributed by atoms with Crippen LogP contribution < -0.4 is 0 Å². The van der Waals surface area contributed by atoms with E-state index in [-0.39, 0.29) is 0 Å². The van der Waals surface area contributed by atoms with Crippen molar-refractivity contribution in [1.29, 1.82) is 0 Å². The molecule has 0 saturated heterocycles. The van der Waals surface area contributed by atoms with Crippen molar-refractivity contribution in [2.24, 2.45) is 0 Å². The maximum atomic E-state index is 4.17. The Morgan fingerprint density at radius 1 is 0.875 bits per heavy atom. The second-order valence-electron chi connectivity index (χ2n) is 2.98. The van der Waals surface area contributed by atoms with Crippen LogP contribution in [0.5, 0.6) is 0 Å². The Balaban J connectivity index is 0.000000509. The van der Waals surface area contributed by atoms with Crippen LogP contribution in [-0.2, 0) is 0 Å². The van der Waals surface area contributed by atoms with Gasteiger partial charge in [0, 0.05) is 11.1 Å². The molecule has 0 radical (unpaired) electrons. The minimum atomic E-state index is 1.02. The average molecular weight is 218 g/mol. The lowest BCUT2D eigenvalue weighted by Gasteiger charge is -2.00. The first-order chi connectivity index (χ1) is 7.77. The first-order valence-electron chi connectivity index (χ1n) is 5.95. The third kappa shape index (κ3) is 3.61. The van der Waals surface area contributed by atoms with Gasteiger partial charge < -0.3 is 0 Å². The molecular formula is C14H22N2. The average Bonchev–Trinajstić information content (AvgIpc) is 2.35. The molecule has 16 heavy (non-hydrogen) atoms. The molecule has 0 aliphatic rings. The first-order valence-corrected chi connectivity index (χ1v) is 5.95. The van der Waals surface area contributed by atoms with Crippen LogP contribution in [0.25, 0.3) is 10.9 Å². The van der Waals surface area contributed by atoms with Gasteiger partial charge in [0.05, 0.1) is 5.52 Å². The molecule has 88 valence electrons. The molecule has 0 unspecified atom stereocenters. The highest BCUT2D eigenvalue weighted by Crippen LogP contribution is 2.14. The van der Waals surface area contributed by atoms with Crippen LogP contribution in [0.2, 0.25) is 0 Å². The summed E-state index contributed by atoms with van der Waals surface area (Å²) in [7, 11) is 0. The molecule has 0 saturated carbocycles. The van der Waals surface area contributed by atoms with Gasteiger partial charge in [-0.25, -0.2) is 9.97 Å². The van der Waals surface area contributed by atoms with E-state index in [4.69, 9.17) is 0 Å². The number of nitrogens with zero attached hydrogens (tertiary/aromatic N) is 2. The summed E-state index contributed by atoms with van der Waals surface area (Å²) in [4.78, 5) is 8.31. The van der Waals surface area contributed by atoms with E-state index in [2.05, 4.69) is 29.0 Å². The summed E-state index contributed by atoms with van der Waals surface area (Å²) < 4.78 is 0. The zero-order valence-corrected chi connectivity index (χ0v) is 11.2. The van der Waals surface area contributed by atoms with Crippen LogP contribution in [0.1, 0.15) is 39.0 Å². The van der Waals surface area contributed by atoms with Gasteiger partial charge in [-0.2, -0.15) is 0 Å². The Labute approximate surface area is 98.8 Å². The number of rotatable bonds is 0. The van der Waals surface area contributed by atoms with E-state index in [9.17, 15) is 0 Å². The molecule has 2 aromatic rings. The molecule has 0 fully saturated rings. The van der Waals surface area contributed by atoms with Crippen LogP contribution in [0.15, 0.2) is 24.5 Å². The molecular weight excluding hydrogens is 196 g/mol. The van der Waals surface area contributed by atoms with E-state index >= 15 is 0 Å². The van der Waals surface area contributed by atoms with E-state index in [1.807, 2.05) is 40.7 Å². The van der Waals surface area contributed by atoms with Crippen LogP contribution in [0, 0.1) is 13.8 Å². The zero-order valence-electron chi connectivity index (χ0n) is 11.2. The Hall–Kier alpha value is -1.44. The summed E-state index contributed by atoms with van der Waals surface area (Å²) in [5.74, 6) is 0. The highest BCUT2D eigenvalue weighted by atomic mass is 14.8. The van der Waals surface area contributed by atoms with Crippen LogP contribution in [0.3, 0.4) is 0 Å². The van der Waals surface area contributed by atoms with Crippen molar-refractivity contribution < 1.29 is 0 Å². The summed E-state index contributed by atoms with van der Waals surface area (Å²) in [6, 6.07) is 6.21. The normalized spacial score (nSPS) is 8.62. The summed E-state index contributed by atoms with van der Waals surface area (Å²) in [5, 5.41) is 1.15. The molecule has 0 atom stereocenters. The van der Waals surface area contributed by atoms with Crippen molar-refractivity contribution in [3.63, 3.8) is 0 Å². The van der Waals surface area contributed by atoms with Crippen molar-refractivity contribution >= 4 is 10.9 Å². The maximum absolute atomic E-state index is 4.17. The van der Waals surface area contributed by atoms with Gasteiger partial charge in [-0.3, -0.25) is 0 Å². The SMILES string of the molecule is CC.CC.Cc1ccc2ncnc(C)c2c1. The number of hydrogen-bond donors (Lipinski definition) is 0. The lowest BCUT2D eigenvalue weighted by molar-refractivity contribution is 1.15. The van der Waals surface area contributed by atoms with Crippen molar-refractivity contribution in [2.45, 2.75) is 41.5 Å². The fourth-order valence-corrected chi connectivity index (χ4v) is 1.30. The lowest BCUT2D eigenvalue weighted by atomic mass is 10.1. The lowest BCUT2D eigenvalue weighted by Crippen LogP contribution is -1.87. The van der Waals surface area contributed by atoms with Gasteiger partial charge in [-0.15, -0.1) is 0 Å². The zero-order chi connectivity index (χ0) is 12.6. The maximum Gasteiger partial charge on any atom is 0.116 e. The van der Waals surface area contributed by atoms with Crippen LogP contribution >= 0.6 is 0 Å². The van der Waals surface area contributed by atoms with E-state index < -0.39 is 0 Å². The van der Waals surface area contributed by atoms with Gasteiger partial charge in [0.2, 0.25) is 0 Å². The molecule has 0 aliphatic heterocycles. The molecule has 0 spiro atoms. The van der Waals surface area contributed by atoms with E-state index in [1.54, 1.807) is 6.33 Å². The molecule has 1 heterocycles. The Morgan fingerprint density at radius 3 is 2.12 bits per heavy atom. The molecule has 1 aromatic heterocycles. The minimum Gasteiger partial charge on any atom is -0.241 e. The van der Waals surface area contributed by atoms with Gasteiger partial charge in [0.1, 0.15) is 6.33 Å². The number of fused-ring (bicyclic) bond motifs is 1. The molecule has 2 heteroatoms. The summed E-state index contributed by atoms with van der Waals surface area (Å²) in [6.07, 6.45) is 1.60. The van der Waals surface area contributed by atoms with Crippen LogP contribution in [-0.4, -0.2) is 9.97 Å². The molecule has 0 aliphatic carbocycles. The second kappa shape index (κ2) is 7.80. The van der Waals surface area contributed by atoms with E-state index in [0.717, 1.165) is 16.6 Å². The third-order valence-corrected chi connectivity index (χ3v) is 1.99. The smallest absolute Gasteiger partial charge is 0.116 e. The van der Waals surface area contributed by atoms with Gasteiger partial charge in [0.15, 0.2) is 0 Å². The van der Waals surface area contributed by atoms with Gasteiger partial charge in [0.25, 0.3) is 0 Å². The van der Waals surface area contributed by atoms with Crippen molar-refractivity contribution in [3.8, 4) is 0 Å². The third-order valence-electron chi connectivity index (χ3n) is 1.99. The molecule has 0 bridgehead atoms. The summed E-state index contributed by atoms with van der Waals surface area (Å²) in [6.45, 7) is 12.1. The molecule has 2 nitrogen and oxygen atoms in total. The molecule has 1 aromatic carbocycles. The fraction of sp³-hybridized carbons (Fsp3) is 0.429. The molecule has 0 N–H and O–H groups in total. The predicted octanol–water partition coefficient (Wildman–Crippen LogP) is 4.30. The van der Waals surface area contributed by atoms with Gasteiger partial charge >= 0.3 is 0 Å². The number of hydrogen-bond acceptors (Lipinski definition) is 2. The Bertz CT molecular complexity index is 422. The topological polar surface area (TPSA) is 25.8 Å². The quantitative estimate of drug-likeness (QED) is 0.659. The minimum absolute atomic E-state index is 1.02. The highest BCUT2D eigenvalue weighted by Gasteiger charge is 1.97. The fourth-order valence-electron chi connectivity index (χ4n) is 1.30. The van der Waals surface area contributed by atoms with Crippen LogP contribution in [0.4, 0.5) is 0 Å². The standard InChI is InChI=1S/C10H10N2.2C2H6/c1-7-3-4-10-9(5-7)8(2)11-6-12-10;2*1-2/h3-6H,1-2H3;2*1-2H3. The summed E-state index contributed by atoms with van der Waals surface area (Å²) >= 11 is 0. The Kier molecular flexibility index (Phi) is 7.10. The van der Waals surface area contributed by atoms with Gasteiger partial charge in [-0.1, -0.05) is 39.3 Å². The second-order valence-corrected chi connectivity index (χ2v) is 2.98. The summed E-state index contributed by atoms with van der Waals surface area (Å²) in [5.41, 5.74) is 3.32. The monoisotopic (exact) mass is 218 g/mol. The predicted molar refractivity (Wildman–Crippen MR) is 71.7 cm³/mol. The van der Waals surface area contributed by atoms with Crippen molar-refractivity contribution in [2.75, 3.05) is 0 Å². The molecule has 0 amide bonds. The molecule has 2 rings (SSSR count). The number of benzene rings is 1. The van der Waals surface area contributed by atoms with Crippen molar-refractivity contribution in [3.05, 3.63) is 35.8 Å². The number of aryl methyl sites for hydroxylation is 2. The van der Waals surface area contributed by atoms with Crippen molar-refractivity contribution in [1.82, 2.24) is 9.97 Å². The largest absolute Gasteiger partial charge is 0.241 e. The number of aromatic nitrogens is 2. The van der Waals surface area contributed by atoms with E-state index in [1.165, 1.54) is 5.56 Å². The first kappa shape index (κ1) is 14.6. The van der Waals surface area contributed by atoms with E-state index in [0.29, 0.717) is 0 Å².